The molecular weight excluding hydrogens is 416 g/mol. The van der Waals surface area contributed by atoms with Gasteiger partial charge in [0.05, 0.1) is 17.7 Å². The Kier molecular flexibility index (Phi) is 6.35. The summed E-state index contributed by atoms with van der Waals surface area (Å²) in [5.74, 6) is 0.877. The van der Waals surface area contributed by atoms with E-state index in [1.54, 1.807) is 24.3 Å². The van der Waals surface area contributed by atoms with E-state index in [0.29, 0.717) is 29.5 Å². The summed E-state index contributed by atoms with van der Waals surface area (Å²) in [6, 6.07) is 16.8. The minimum Gasteiger partial charge on any atom is -0.462 e. The Morgan fingerprint density at radius 2 is 1.73 bits per heavy atom. The quantitative estimate of drug-likeness (QED) is 0.334. The van der Waals surface area contributed by atoms with Gasteiger partial charge in [0.1, 0.15) is 12.0 Å². The van der Waals surface area contributed by atoms with Gasteiger partial charge in [0, 0.05) is 22.5 Å². The van der Waals surface area contributed by atoms with Gasteiger partial charge in [0.15, 0.2) is 11.6 Å². The third kappa shape index (κ3) is 5.17. The van der Waals surface area contributed by atoms with Crippen molar-refractivity contribution in [3.05, 3.63) is 72.2 Å². The van der Waals surface area contributed by atoms with Gasteiger partial charge in [0.25, 0.3) is 0 Å². The van der Waals surface area contributed by atoms with E-state index in [0.717, 1.165) is 28.0 Å². The summed E-state index contributed by atoms with van der Waals surface area (Å²) in [4.78, 5) is 25.2. The van der Waals surface area contributed by atoms with E-state index in [-0.39, 0.29) is 11.9 Å². The standard InChI is InChI=1S/C25H26N6O2/c1-15(2)13-33-25(32)17-8-10-18(11-9-17)30-23-22(26)24(28-14-27-23)31-21-6-4-5-20-19(21)12-7-16(3)29-20/h4-12,14-15H,13,26H2,1-3H3,(H2,27,28,30,31). The number of benzene rings is 2. The number of esters is 1. The summed E-state index contributed by atoms with van der Waals surface area (Å²) in [6.45, 7) is 6.33. The Morgan fingerprint density at radius 3 is 2.45 bits per heavy atom. The van der Waals surface area contributed by atoms with Gasteiger partial charge in [-0.1, -0.05) is 19.9 Å². The molecule has 0 fully saturated rings. The molecule has 0 aliphatic heterocycles. The molecule has 0 aliphatic carbocycles. The van der Waals surface area contributed by atoms with E-state index >= 15 is 0 Å². The molecule has 33 heavy (non-hydrogen) atoms. The van der Waals surface area contributed by atoms with Crippen molar-refractivity contribution < 1.29 is 9.53 Å². The summed E-state index contributed by atoms with van der Waals surface area (Å²) in [7, 11) is 0. The van der Waals surface area contributed by atoms with Crippen molar-refractivity contribution in [2.75, 3.05) is 23.0 Å². The molecule has 168 valence electrons. The fourth-order valence-corrected chi connectivity index (χ4v) is 3.24. The van der Waals surface area contributed by atoms with Gasteiger partial charge in [0.2, 0.25) is 0 Å². The number of aromatic nitrogens is 3. The molecule has 2 heterocycles. The molecule has 0 saturated carbocycles. The van der Waals surface area contributed by atoms with Crippen molar-refractivity contribution in [2.24, 2.45) is 5.92 Å². The van der Waals surface area contributed by atoms with Gasteiger partial charge >= 0.3 is 5.97 Å². The fraction of sp³-hybridized carbons (Fsp3) is 0.200. The van der Waals surface area contributed by atoms with Crippen LogP contribution in [0.3, 0.4) is 0 Å². The lowest BCUT2D eigenvalue weighted by Crippen LogP contribution is -2.10. The maximum absolute atomic E-state index is 12.1. The van der Waals surface area contributed by atoms with E-state index in [9.17, 15) is 4.79 Å². The molecule has 0 amide bonds. The van der Waals surface area contributed by atoms with Crippen molar-refractivity contribution in [1.29, 1.82) is 0 Å². The highest BCUT2D eigenvalue weighted by atomic mass is 16.5. The lowest BCUT2D eigenvalue weighted by molar-refractivity contribution is 0.0459. The van der Waals surface area contributed by atoms with Gasteiger partial charge in [-0.3, -0.25) is 4.98 Å². The minimum atomic E-state index is -0.344. The molecule has 0 unspecified atom stereocenters. The monoisotopic (exact) mass is 442 g/mol. The molecule has 4 rings (SSSR count). The number of hydrogen-bond donors (Lipinski definition) is 3. The average Bonchev–Trinajstić information content (AvgIpc) is 2.80. The first kappa shape index (κ1) is 22.0. The van der Waals surface area contributed by atoms with Crippen molar-refractivity contribution in [3.8, 4) is 0 Å². The highest BCUT2D eigenvalue weighted by Crippen LogP contribution is 2.31. The maximum Gasteiger partial charge on any atom is 0.338 e. The Balaban J connectivity index is 1.52. The smallest absolute Gasteiger partial charge is 0.338 e. The molecule has 2 aromatic heterocycles. The highest BCUT2D eigenvalue weighted by molar-refractivity contribution is 5.94. The molecule has 0 saturated heterocycles. The lowest BCUT2D eigenvalue weighted by atomic mass is 10.1. The molecule has 0 radical (unpaired) electrons. The third-order valence-corrected chi connectivity index (χ3v) is 4.94. The van der Waals surface area contributed by atoms with Crippen molar-refractivity contribution in [2.45, 2.75) is 20.8 Å². The molecule has 0 aliphatic rings. The SMILES string of the molecule is Cc1ccc2c(Nc3ncnc(Nc4ccc(C(=O)OCC(C)C)cc4)c3N)cccc2n1. The van der Waals surface area contributed by atoms with Crippen LogP contribution in [-0.4, -0.2) is 27.5 Å². The predicted molar refractivity (Wildman–Crippen MR) is 131 cm³/mol. The van der Waals surface area contributed by atoms with Gasteiger partial charge in [-0.25, -0.2) is 14.8 Å². The number of nitrogen functional groups attached to an aromatic ring is 1. The first-order chi connectivity index (χ1) is 15.9. The lowest BCUT2D eigenvalue weighted by Gasteiger charge is -2.14. The molecule has 0 atom stereocenters. The number of ether oxygens (including phenoxy) is 1. The Morgan fingerprint density at radius 1 is 1.00 bits per heavy atom. The molecule has 0 spiro atoms. The molecule has 2 aromatic carbocycles. The Bertz CT molecular complexity index is 1290. The number of carbonyl (C=O) groups excluding carboxylic acids is 1. The van der Waals surface area contributed by atoms with Crippen LogP contribution in [0.15, 0.2) is 60.9 Å². The van der Waals surface area contributed by atoms with Crippen molar-refractivity contribution >= 4 is 45.6 Å². The number of aryl methyl sites for hydroxylation is 1. The number of hydrogen-bond acceptors (Lipinski definition) is 8. The molecule has 0 bridgehead atoms. The Hall–Kier alpha value is -4.20. The van der Waals surface area contributed by atoms with Crippen LogP contribution >= 0.6 is 0 Å². The first-order valence-electron chi connectivity index (χ1n) is 10.7. The second kappa shape index (κ2) is 9.52. The second-order valence-corrected chi connectivity index (χ2v) is 8.13. The van der Waals surface area contributed by atoms with E-state index in [1.165, 1.54) is 6.33 Å². The largest absolute Gasteiger partial charge is 0.462 e. The summed E-state index contributed by atoms with van der Waals surface area (Å²) in [6.07, 6.45) is 1.44. The number of anilines is 5. The van der Waals surface area contributed by atoms with Crippen LogP contribution in [0.5, 0.6) is 0 Å². The normalized spacial score (nSPS) is 10.9. The maximum atomic E-state index is 12.1. The number of pyridine rings is 1. The second-order valence-electron chi connectivity index (χ2n) is 8.13. The summed E-state index contributed by atoms with van der Waals surface area (Å²) >= 11 is 0. The van der Waals surface area contributed by atoms with Crippen molar-refractivity contribution in [3.63, 3.8) is 0 Å². The van der Waals surface area contributed by atoms with Crippen molar-refractivity contribution in [1.82, 2.24) is 15.0 Å². The molecular formula is C25H26N6O2. The van der Waals surface area contributed by atoms with E-state index in [4.69, 9.17) is 10.5 Å². The molecule has 4 N–H and O–H groups in total. The fourth-order valence-electron chi connectivity index (χ4n) is 3.24. The summed E-state index contributed by atoms with van der Waals surface area (Å²) in [5.41, 5.74) is 10.6. The zero-order valence-electron chi connectivity index (χ0n) is 18.8. The molecule has 8 nitrogen and oxygen atoms in total. The average molecular weight is 443 g/mol. The number of nitrogens with two attached hydrogens (primary N) is 1. The zero-order valence-corrected chi connectivity index (χ0v) is 18.8. The molecule has 4 aromatic rings. The number of fused-ring (bicyclic) bond motifs is 1. The van der Waals surface area contributed by atoms with Gasteiger partial charge in [-0.15, -0.1) is 0 Å². The summed E-state index contributed by atoms with van der Waals surface area (Å²) in [5, 5.41) is 7.44. The number of nitrogens with zero attached hydrogens (tertiary/aromatic N) is 3. The van der Waals surface area contributed by atoms with Crippen LogP contribution in [-0.2, 0) is 4.74 Å². The zero-order chi connectivity index (χ0) is 23.4. The topological polar surface area (TPSA) is 115 Å². The number of nitrogens with one attached hydrogen (secondary N) is 2. The van der Waals surface area contributed by atoms with Crippen LogP contribution in [0.25, 0.3) is 10.9 Å². The van der Waals surface area contributed by atoms with Gasteiger partial charge in [-0.2, -0.15) is 0 Å². The minimum absolute atomic E-state index is 0.285. The number of carbonyl (C=O) groups is 1. The predicted octanol–water partition coefficient (Wildman–Crippen LogP) is 5.22. The van der Waals surface area contributed by atoms with Gasteiger partial charge < -0.3 is 21.1 Å². The first-order valence-corrected chi connectivity index (χ1v) is 10.7. The van der Waals surface area contributed by atoms with E-state index in [2.05, 4.69) is 25.6 Å². The van der Waals surface area contributed by atoms with Gasteiger partial charge in [-0.05, 0) is 61.4 Å². The van der Waals surface area contributed by atoms with Crippen LogP contribution in [0.4, 0.5) is 28.7 Å². The van der Waals surface area contributed by atoms with Crippen LogP contribution in [0.1, 0.15) is 29.9 Å². The molecule has 8 heteroatoms. The highest BCUT2D eigenvalue weighted by Gasteiger charge is 2.12. The van der Waals surface area contributed by atoms with E-state index < -0.39 is 0 Å². The number of rotatable bonds is 7. The Labute approximate surface area is 192 Å². The van der Waals surface area contributed by atoms with Crippen LogP contribution in [0.2, 0.25) is 0 Å². The van der Waals surface area contributed by atoms with Crippen LogP contribution < -0.4 is 16.4 Å². The van der Waals surface area contributed by atoms with E-state index in [1.807, 2.05) is 51.1 Å². The summed E-state index contributed by atoms with van der Waals surface area (Å²) < 4.78 is 5.26. The third-order valence-electron chi connectivity index (χ3n) is 4.94. The van der Waals surface area contributed by atoms with Crippen LogP contribution in [0, 0.1) is 12.8 Å².